The highest BCUT2D eigenvalue weighted by atomic mass is 35.5. The molecule has 2 aromatic rings. The molecule has 1 fully saturated rings. The van der Waals surface area contributed by atoms with Gasteiger partial charge in [-0.2, -0.15) is 0 Å². The van der Waals surface area contributed by atoms with Gasteiger partial charge in [0.15, 0.2) is 5.69 Å². The lowest BCUT2D eigenvalue weighted by molar-refractivity contribution is 0.0944. The number of hydrogen-bond acceptors (Lipinski definition) is 4. The van der Waals surface area contributed by atoms with Crippen LogP contribution < -0.4 is 5.32 Å². The first kappa shape index (κ1) is 16.0. The van der Waals surface area contributed by atoms with E-state index in [4.69, 9.17) is 16.0 Å². The largest absolute Gasteiger partial charge is 0.441 e. The Balaban J connectivity index is 1.62. The lowest BCUT2D eigenvalue weighted by Crippen LogP contribution is -2.33. The van der Waals surface area contributed by atoms with Crippen molar-refractivity contribution in [3.05, 3.63) is 40.7 Å². The summed E-state index contributed by atoms with van der Waals surface area (Å²) in [6.45, 7) is 5.51. The number of carbonyl (C=O) groups excluding carboxylic acids is 1. The normalized spacial score (nSPS) is 15.0. The molecule has 6 heteroatoms. The summed E-state index contributed by atoms with van der Waals surface area (Å²) in [5.74, 6) is 0.767. The Morgan fingerprint density at radius 2 is 2.00 bits per heavy atom. The van der Waals surface area contributed by atoms with Crippen molar-refractivity contribution >= 4 is 17.5 Å². The first-order valence-electron chi connectivity index (χ1n) is 7.87. The molecule has 1 aromatic carbocycles. The summed E-state index contributed by atoms with van der Waals surface area (Å²) in [5, 5.41) is 3.57. The summed E-state index contributed by atoms with van der Waals surface area (Å²) >= 11 is 5.88. The van der Waals surface area contributed by atoms with Crippen LogP contribution in [0.2, 0.25) is 5.02 Å². The van der Waals surface area contributed by atoms with E-state index in [0.29, 0.717) is 28.9 Å². The summed E-state index contributed by atoms with van der Waals surface area (Å²) < 4.78 is 5.62. The molecule has 1 aromatic heterocycles. The Bertz CT molecular complexity index is 676. The Hall–Kier alpha value is -1.85. The Morgan fingerprint density at radius 3 is 2.70 bits per heavy atom. The van der Waals surface area contributed by atoms with Gasteiger partial charge in [0.1, 0.15) is 5.76 Å². The molecule has 1 amide bonds. The molecule has 1 N–H and O–H groups in total. The predicted molar refractivity (Wildman–Crippen MR) is 89.7 cm³/mol. The second-order valence-corrected chi connectivity index (χ2v) is 6.17. The highest BCUT2D eigenvalue weighted by molar-refractivity contribution is 6.30. The summed E-state index contributed by atoms with van der Waals surface area (Å²) in [6.07, 6.45) is 2.50. The number of rotatable bonds is 5. The SMILES string of the molecule is Cc1oc(-c2ccc(Cl)cc2)nc1C(=O)NCCN1CCCC1. The monoisotopic (exact) mass is 333 g/mol. The highest BCUT2D eigenvalue weighted by Crippen LogP contribution is 2.23. The van der Waals surface area contributed by atoms with E-state index in [1.54, 1.807) is 19.1 Å². The van der Waals surface area contributed by atoms with Gasteiger partial charge in [-0.05, 0) is 57.1 Å². The van der Waals surface area contributed by atoms with Gasteiger partial charge in [0.05, 0.1) is 0 Å². The van der Waals surface area contributed by atoms with E-state index in [1.807, 2.05) is 12.1 Å². The molecule has 0 atom stereocenters. The molecule has 5 nitrogen and oxygen atoms in total. The average molecular weight is 334 g/mol. The van der Waals surface area contributed by atoms with Gasteiger partial charge in [-0.15, -0.1) is 0 Å². The van der Waals surface area contributed by atoms with Gasteiger partial charge in [-0.1, -0.05) is 11.6 Å². The van der Waals surface area contributed by atoms with Crippen LogP contribution in [-0.4, -0.2) is 42.0 Å². The number of aromatic nitrogens is 1. The maximum absolute atomic E-state index is 12.3. The standard InChI is InChI=1S/C17H20ClN3O2/c1-12-15(16(22)19-8-11-21-9-2-3-10-21)20-17(23-12)13-4-6-14(18)7-5-13/h4-7H,2-3,8-11H2,1H3,(H,19,22). The molecule has 1 aliphatic rings. The lowest BCUT2D eigenvalue weighted by Gasteiger charge is -2.14. The summed E-state index contributed by atoms with van der Waals surface area (Å²) in [5.41, 5.74) is 1.14. The molecule has 0 aliphatic carbocycles. The summed E-state index contributed by atoms with van der Waals surface area (Å²) in [6, 6.07) is 7.18. The number of halogens is 1. The molecule has 23 heavy (non-hydrogen) atoms. The Labute approximate surface area is 140 Å². The Morgan fingerprint density at radius 1 is 1.30 bits per heavy atom. The van der Waals surface area contributed by atoms with Gasteiger partial charge in [0.25, 0.3) is 5.91 Å². The third-order valence-corrected chi connectivity index (χ3v) is 4.27. The number of carbonyl (C=O) groups is 1. The Kier molecular flexibility index (Phi) is 4.98. The minimum absolute atomic E-state index is 0.189. The first-order chi connectivity index (χ1) is 11.1. The predicted octanol–water partition coefficient (Wildman–Crippen LogP) is 3.13. The highest BCUT2D eigenvalue weighted by Gasteiger charge is 2.18. The average Bonchev–Trinajstić information content (AvgIpc) is 3.17. The third kappa shape index (κ3) is 3.92. The number of benzene rings is 1. The van der Waals surface area contributed by atoms with Crippen LogP contribution in [0.15, 0.2) is 28.7 Å². The van der Waals surface area contributed by atoms with Gasteiger partial charge in [-0.25, -0.2) is 4.98 Å². The molecule has 122 valence electrons. The van der Waals surface area contributed by atoms with Crippen LogP contribution in [0.1, 0.15) is 29.1 Å². The van der Waals surface area contributed by atoms with Crippen molar-refractivity contribution in [3.63, 3.8) is 0 Å². The van der Waals surface area contributed by atoms with Crippen LogP contribution in [0, 0.1) is 6.92 Å². The fraction of sp³-hybridized carbons (Fsp3) is 0.412. The van der Waals surface area contributed by atoms with Crippen molar-refractivity contribution in [2.45, 2.75) is 19.8 Å². The fourth-order valence-electron chi connectivity index (χ4n) is 2.74. The quantitative estimate of drug-likeness (QED) is 0.913. The van der Waals surface area contributed by atoms with Crippen LogP contribution in [-0.2, 0) is 0 Å². The van der Waals surface area contributed by atoms with Crippen LogP contribution in [0.3, 0.4) is 0 Å². The van der Waals surface area contributed by atoms with E-state index < -0.39 is 0 Å². The number of hydrogen-bond donors (Lipinski definition) is 1. The number of amides is 1. The molecule has 0 unspecified atom stereocenters. The molecule has 3 rings (SSSR count). The first-order valence-corrected chi connectivity index (χ1v) is 8.25. The zero-order chi connectivity index (χ0) is 16.2. The fourth-order valence-corrected chi connectivity index (χ4v) is 2.87. The maximum Gasteiger partial charge on any atom is 0.273 e. The van der Waals surface area contributed by atoms with E-state index >= 15 is 0 Å². The van der Waals surface area contributed by atoms with Gasteiger partial charge in [0.2, 0.25) is 5.89 Å². The second kappa shape index (κ2) is 7.15. The minimum atomic E-state index is -0.189. The van der Waals surface area contributed by atoms with E-state index in [-0.39, 0.29) is 5.91 Å². The number of aryl methyl sites for hydroxylation is 1. The van der Waals surface area contributed by atoms with Gasteiger partial charge in [0, 0.05) is 23.7 Å². The molecule has 0 spiro atoms. The molecule has 2 heterocycles. The molecular formula is C17H20ClN3O2. The van der Waals surface area contributed by atoms with E-state index in [9.17, 15) is 4.79 Å². The van der Waals surface area contributed by atoms with E-state index in [1.165, 1.54) is 12.8 Å². The zero-order valence-corrected chi connectivity index (χ0v) is 13.9. The van der Waals surface area contributed by atoms with Crippen LogP contribution >= 0.6 is 11.6 Å². The van der Waals surface area contributed by atoms with Crippen LogP contribution in [0.25, 0.3) is 11.5 Å². The molecule has 0 bridgehead atoms. The van der Waals surface area contributed by atoms with Crippen molar-refractivity contribution in [2.75, 3.05) is 26.2 Å². The molecule has 0 radical (unpaired) electrons. The smallest absolute Gasteiger partial charge is 0.273 e. The van der Waals surface area contributed by atoms with E-state index in [0.717, 1.165) is 25.2 Å². The van der Waals surface area contributed by atoms with Crippen molar-refractivity contribution in [1.82, 2.24) is 15.2 Å². The van der Waals surface area contributed by atoms with Gasteiger partial charge < -0.3 is 14.6 Å². The van der Waals surface area contributed by atoms with Crippen molar-refractivity contribution < 1.29 is 9.21 Å². The maximum atomic E-state index is 12.3. The second-order valence-electron chi connectivity index (χ2n) is 5.74. The molecular weight excluding hydrogens is 314 g/mol. The molecule has 0 saturated carbocycles. The minimum Gasteiger partial charge on any atom is -0.441 e. The summed E-state index contributed by atoms with van der Waals surface area (Å²) in [7, 11) is 0. The summed E-state index contributed by atoms with van der Waals surface area (Å²) in [4.78, 5) is 18.9. The number of likely N-dealkylation sites (tertiary alicyclic amines) is 1. The zero-order valence-electron chi connectivity index (χ0n) is 13.1. The number of nitrogens with one attached hydrogen (secondary N) is 1. The van der Waals surface area contributed by atoms with Crippen molar-refractivity contribution in [1.29, 1.82) is 0 Å². The van der Waals surface area contributed by atoms with Crippen molar-refractivity contribution in [3.8, 4) is 11.5 Å². The van der Waals surface area contributed by atoms with Crippen molar-refractivity contribution in [2.24, 2.45) is 0 Å². The van der Waals surface area contributed by atoms with Crippen LogP contribution in [0.4, 0.5) is 0 Å². The van der Waals surface area contributed by atoms with Gasteiger partial charge in [-0.3, -0.25) is 4.79 Å². The van der Waals surface area contributed by atoms with Gasteiger partial charge >= 0.3 is 0 Å². The number of oxazole rings is 1. The lowest BCUT2D eigenvalue weighted by atomic mass is 10.2. The third-order valence-electron chi connectivity index (χ3n) is 4.02. The van der Waals surface area contributed by atoms with E-state index in [2.05, 4.69) is 15.2 Å². The topological polar surface area (TPSA) is 58.4 Å². The molecule has 1 saturated heterocycles. The van der Waals surface area contributed by atoms with Crippen LogP contribution in [0.5, 0.6) is 0 Å². The number of nitrogens with zero attached hydrogens (tertiary/aromatic N) is 2. The molecule has 1 aliphatic heterocycles.